The standard InChI is InChI=1S/C8H11FN2OS/c1-3-13(2,12)11-7-5-4-6-10-8(7)9/h4-6H,3H2,1-2H3. The quantitative estimate of drug-likeness (QED) is 0.688. The van der Waals surface area contributed by atoms with Crippen molar-refractivity contribution >= 4 is 15.4 Å². The predicted octanol–water partition coefficient (Wildman–Crippen LogP) is 1.97. The molecule has 0 radical (unpaired) electrons. The van der Waals surface area contributed by atoms with Crippen LogP contribution in [0.5, 0.6) is 0 Å². The van der Waals surface area contributed by atoms with Gasteiger partial charge in [-0.2, -0.15) is 8.75 Å². The maximum Gasteiger partial charge on any atom is 0.239 e. The first-order valence-electron chi connectivity index (χ1n) is 3.85. The summed E-state index contributed by atoms with van der Waals surface area (Å²) >= 11 is 0. The Morgan fingerprint density at radius 3 is 2.92 bits per heavy atom. The average molecular weight is 202 g/mol. The fraction of sp³-hybridized carbons (Fsp3) is 0.375. The van der Waals surface area contributed by atoms with E-state index in [0.29, 0.717) is 5.75 Å². The zero-order chi connectivity index (χ0) is 9.90. The second-order valence-electron chi connectivity index (χ2n) is 2.65. The molecule has 0 amide bonds. The van der Waals surface area contributed by atoms with Crippen LogP contribution in [0, 0.1) is 5.95 Å². The van der Waals surface area contributed by atoms with Crippen molar-refractivity contribution in [3.8, 4) is 0 Å². The molecule has 0 saturated carbocycles. The fourth-order valence-corrected chi connectivity index (χ4v) is 1.40. The molecule has 1 heterocycles. The van der Waals surface area contributed by atoms with Crippen LogP contribution in [-0.4, -0.2) is 21.2 Å². The molecule has 72 valence electrons. The second kappa shape index (κ2) is 3.83. The Labute approximate surface area is 77.2 Å². The summed E-state index contributed by atoms with van der Waals surface area (Å²) in [6.07, 6.45) is 2.83. The zero-order valence-corrected chi connectivity index (χ0v) is 8.34. The smallest absolute Gasteiger partial charge is 0.239 e. The summed E-state index contributed by atoms with van der Waals surface area (Å²) in [5.74, 6) is -0.271. The lowest BCUT2D eigenvalue weighted by Crippen LogP contribution is -1.98. The SMILES string of the molecule is CCS(C)(=O)=Nc1cccnc1F. The van der Waals surface area contributed by atoms with Gasteiger partial charge >= 0.3 is 0 Å². The minimum atomic E-state index is -2.30. The summed E-state index contributed by atoms with van der Waals surface area (Å²) in [5.41, 5.74) is 0.0665. The molecule has 1 unspecified atom stereocenters. The van der Waals surface area contributed by atoms with E-state index in [4.69, 9.17) is 0 Å². The number of rotatable bonds is 2. The van der Waals surface area contributed by atoms with E-state index in [1.165, 1.54) is 18.5 Å². The third kappa shape index (κ3) is 2.77. The van der Waals surface area contributed by atoms with Gasteiger partial charge in [-0.1, -0.05) is 6.92 Å². The molecule has 1 aromatic rings. The van der Waals surface area contributed by atoms with Crippen LogP contribution in [0.15, 0.2) is 22.7 Å². The molecule has 13 heavy (non-hydrogen) atoms. The molecule has 0 aliphatic heterocycles. The Balaban J connectivity index is 3.19. The van der Waals surface area contributed by atoms with Gasteiger partial charge in [0.25, 0.3) is 0 Å². The van der Waals surface area contributed by atoms with Gasteiger partial charge < -0.3 is 0 Å². The van der Waals surface area contributed by atoms with E-state index < -0.39 is 15.7 Å². The number of pyridine rings is 1. The van der Waals surface area contributed by atoms with E-state index in [-0.39, 0.29) is 5.69 Å². The highest BCUT2D eigenvalue weighted by Crippen LogP contribution is 2.16. The lowest BCUT2D eigenvalue weighted by molar-refractivity contribution is 0.586. The molecule has 1 rings (SSSR count). The highest BCUT2D eigenvalue weighted by atomic mass is 32.2. The molecule has 0 N–H and O–H groups in total. The molecule has 1 aromatic heterocycles. The summed E-state index contributed by atoms with van der Waals surface area (Å²) < 4.78 is 28.2. The molecule has 0 aromatic carbocycles. The Morgan fingerprint density at radius 2 is 2.38 bits per heavy atom. The van der Waals surface area contributed by atoms with Crippen LogP contribution in [0.2, 0.25) is 0 Å². The molecule has 0 fully saturated rings. The summed E-state index contributed by atoms with van der Waals surface area (Å²) in [6, 6.07) is 3.02. The lowest BCUT2D eigenvalue weighted by atomic mass is 10.4. The molecule has 1 atom stereocenters. The Bertz CT molecular complexity index is 410. The van der Waals surface area contributed by atoms with Gasteiger partial charge in [-0.25, -0.2) is 9.19 Å². The van der Waals surface area contributed by atoms with Gasteiger partial charge in [0.2, 0.25) is 5.95 Å². The first-order chi connectivity index (χ1) is 6.05. The maximum absolute atomic E-state index is 12.9. The van der Waals surface area contributed by atoms with E-state index in [1.54, 1.807) is 13.0 Å². The van der Waals surface area contributed by atoms with E-state index in [0.717, 1.165) is 0 Å². The normalized spacial score (nSPS) is 15.0. The van der Waals surface area contributed by atoms with Crippen molar-refractivity contribution in [3.63, 3.8) is 0 Å². The molecule has 0 bridgehead atoms. The molecule has 5 heteroatoms. The summed E-state index contributed by atoms with van der Waals surface area (Å²) in [5, 5.41) is 0. The van der Waals surface area contributed by atoms with Crippen molar-refractivity contribution in [3.05, 3.63) is 24.3 Å². The van der Waals surface area contributed by atoms with Crippen molar-refractivity contribution in [2.24, 2.45) is 4.36 Å². The summed E-state index contributed by atoms with van der Waals surface area (Å²) in [4.78, 5) is 3.41. The molecular formula is C8H11FN2OS. The highest BCUT2D eigenvalue weighted by molar-refractivity contribution is 7.93. The third-order valence-electron chi connectivity index (χ3n) is 1.57. The van der Waals surface area contributed by atoms with Gasteiger partial charge in [-0.15, -0.1) is 0 Å². The number of hydrogen-bond acceptors (Lipinski definition) is 3. The van der Waals surface area contributed by atoms with Crippen molar-refractivity contribution in [1.82, 2.24) is 4.98 Å². The van der Waals surface area contributed by atoms with Crippen LogP contribution in [0.25, 0.3) is 0 Å². The van der Waals surface area contributed by atoms with E-state index in [9.17, 15) is 8.60 Å². The van der Waals surface area contributed by atoms with E-state index in [2.05, 4.69) is 9.35 Å². The van der Waals surface area contributed by atoms with Crippen molar-refractivity contribution in [2.75, 3.05) is 12.0 Å². The first-order valence-corrected chi connectivity index (χ1v) is 5.95. The minimum absolute atomic E-state index is 0.0665. The van der Waals surface area contributed by atoms with Crippen LogP contribution in [-0.2, 0) is 9.73 Å². The number of hydrogen-bond donors (Lipinski definition) is 0. The fourth-order valence-electron chi connectivity index (χ4n) is 0.718. The van der Waals surface area contributed by atoms with Crippen molar-refractivity contribution in [1.29, 1.82) is 0 Å². The van der Waals surface area contributed by atoms with Crippen molar-refractivity contribution < 1.29 is 8.60 Å². The van der Waals surface area contributed by atoms with E-state index >= 15 is 0 Å². The molecule has 0 aliphatic carbocycles. The van der Waals surface area contributed by atoms with Gasteiger partial charge in [-0.3, -0.25) is 0 Å². The summed E-state index contributed by atoms with van der Waals surface area (Å²) in [7, 11) is -2.30. The van der Waals surface area contributed by atoms with Crippen LogP contribution in [0.3, 0.4) is 0 Å². The van der Waals surface area contributed by atoms with Crippen molar-refractivity contribution in [2.45, 2.75) is 6.92 Å². The minimum Gasteiger partial charge on any atom is -0.250 e. The molecule has 0 saturated heterocycles. The zero-order valence-electron chi connectivity index (χ0n) is 7.53. The molecule has 3 nitrogen and oxygen atoms in total. The second-order valence-corrected chi connectivity index (χ2v) is 5.33. The summed E-state index contributed by atoms with van der Waals surface area (Å²) in [6.45, 7) is 1.75. The van der Waals surface area contributed by atoms with Gasteiger partial charge in [-0.05, 0) is 12.1 Å². The highest BCUT2D eigenvalue weighted by Gasteiger charge is 2.03. The lowest BCUT2D eigenvalue weighted by Gasteiger charge is -1.99. The van der Waals surface area contributed by atoms with Crippen LogP contribution in [0.1, 0.15) is 6.92 Å². The number of aromatic nitrogens is 1. The predicted molar refractivity (Wildman–Crippen MR) is 50.9 cm³/mol. The van der Waals surface area contributed by atoms with Gasteiger partial charge in [0, 0.05) is 27.9 Å². The van der Waals surface area contributed by atoms with Gasteiger partial charge in [0.15, 0.2) is 0 Å². The van der Waals surface area contributed by atoms with Gasteiger partial charge in [0.05, 0.1) is 0 Å². The monoisotopic (exact) mass is 202 g/mol. The third-order valence-corrected chi connectivity index (χ3v) is 3.22. The van der Waals surface area contributed by atoms with E-state index in [1.807, 2.05) is 0 Å². The van der Waals surface area contributed by atoms with Crippen LogP contribution in [0.4, 0.5) is 10.1 Å². The largest absolute Gasteiger partial charge is 0.250 e. The first kappa shape index (κ1) is 10.1. The average Bonchev–Trinajstić information content (AvgIpc) is 2.09. The Kier molecular flexibility index (Phi) is 2.98. The topological polar surface area (TPSA) is 42.3 Å². The molecular weight excluding hydrogens is 191 g/mol. The number of halogens is 1. The van der Waals surface area contributed by atoms with Crippen LogP contribution >= 0.6 is 0 Å². The van der Waals surface area contributed by atoms with Crippen LogP contribution < -0.4 is 0 Å². The Hall–Kier alpha value is -0.970. The maximum atomic E-state index is 12.9. The number of nitrogens with zero attached hydrogens (tertiary/aromatic N) is 2. The Morgan fingerprint density at radius 1 is 1.69 bits per heavy atom. The molecule has 0 spiro atoms. The van der Waals surface area contributed by atoms with Gasteiger partial charge in [0.1, 0.15) is 5.69 Å². The molecule has 0 aliphatic rings.